The summed E-state index contributed by atoms with van der Waals surface area (Å²) < 4.78 is 11.7. The van der Waals surface area contributed by atoms with Crippen LogP contribution in [-0.4, -0.2) is 23.9 Å². The predicted molar refractivity (Wildman–Crippen MR) is 89.3 cm³/mol. The minimum absolute atomic E-state index is 0.194. The van der Waals surface area contributed by atoms with E-state index in [4.69, 9.17) is 15.2 Å². The van der Waals surface area contributed by atoms with E-state index in [1.54, 1.807) is 0 Å². The first-order chi connectivity index (χ1) is 10.2. The summed E-state index contributed by atoms with van der Waals surface area (Å²) in [6.45, 7) is 9.99. The van der Waals surface area contributed by atoms with E-state index < -0.39 is 6.29 Å². The standard InChI is InChI=1S/C18H35NO3/c1-13(2)11-16(21-15-9-7-6-8-10-15)22-17(20)14(3)12-18(4,5)19/h13-16H,6-12,19H2,1-5H3. The summed E-state index contributed by atoms with van der Waals surface area (Å²) in [5.41, 5.74) is 5.63. The highest BCUT2D eigenvalue weighted by Crippen LogP contribution is 2.25. The lowest BCUT2D eigenvalue weighted by Gasteiger charge is -2.29. The zero-order valence-electron chi connectivity index (χ0n) is 15.1. The van der Waals surface area contributed by atoms with E-state index in [9.17, 15) is 4.79 Å². The molecule has 2 atom stereocenters. The number of ether oxygens (including phenoxy) is 2. The van der Waals surface area contributed by atoms with Crippen molar-refractivity contribution in [1.29, 1.82) is 0 Å². The van der Waals surface area contributed by atoms with Crippen molar-refractivity contribution in [2.75, 3.05) is 0 Å². The van der Waals surface area contributed by atoms with Crippen molar-refractivity contribution in [2.24, 2.45) is 17.6 Å². The molecule has 0 aromatic rings. The number of hydrogen-bond donors (Lipinski definition) is 1. The maximum absolute atomic E-state index is 12.3. The molecule has 0 aliphatic heterocycles. The quantitative estimate of drug-likeness (QED) is 0.543. The summed E-state index contributed by atoms with van der Waals surface area (Å²) in [7, 11) is 0. The fourth-order valence-electron chi connectivity index (χ4n) is 3.05. The monoisotopic (exact) mass is 313 g/mol. The second-order valence-electron chi connectivity index (χ2n) is 7.99. The number of carbonyl (C=O) groups excluding carboxylic acids is 1. The molecule has 0 spiro atoms. The molecule has 0 bridgehead atoms. The molecule has 1 aliphatic carbocycles. The van der Waals surface area contributed by atoms with Gasteiger partial charge in [-0.05, 0) is 39.0 Å². The van der Waals surface area contributed by atoms with Gasteiger partial charge in [-0.15, -0.1) is 0 Å². The first kappa shape index (κ1) is 19.4. The molecule has 2 N–H and O–H groups in total. The van der Waals surface area contributed by atoms with Gasteiger partial charge in [0, 0.05) is 12.0 Å². The molecule has 1 aliphatic rings. The average Bonchev–Trinajstić information content (AvgIpc) is 2.36. The maximum Gasteiger partial charge on any atom is 0.311 e. The third kappa shape index (κ3) is 8.14. The van der Waals surface area contributed by atoms with Gasteiger partial charge in [-0.3, -0.25) is 4.79 Å². The third-order valence-electron chi connectivity index (χ3n) is 4.04. The highest BCUT2D eigenvalue weighted by molar-refractivity contribution is 5.72. The van der Waals surface area contributed by atoms with E-state index in [0.717, 1.165) is 19.3 Å². The topological polar surface area (TPSA) is 61.5 Å². The maximum atomic E-state index is 12.3. The van der Waals surface area contributed by atoms with Crippen LogP contribution in [0, 0.1) is 11.8 Å². The van der Waals surface area contributed by atoms with Gasteiger partial charge in [0.1, 0.15) is 0 Å². The molecule has 4 heteroatoms. The molecule has 0 aromatic heterocycles. The summed E-state index contributed by atoms with van der Waals surface area (Å²) >= 11 is 0. The van der Waals surface area contributed by atoms with Gasteiger partial charge in [-0.1, -0.05) is 40.0 Å². The number of rotatable bonds is 8. The third-order valence-corrected chi connectivity index (χ3v) is 4.04. The van der Waals surface area contributed by atoms with E-state index in [-0.39, 0.29) is 23.5 Å². The van der Waals surface area contributed by atoms with Gasteiger partial charge in [0.25, 0.3) is 0 Å². The number of hydrogen-bond acceptors (Lipinski definition) is 4. The van der Waals surface area contributed by atoms with Crippen LogP contribution < -0.4 is 5.73 Å². The highest BCUT2D eigenvalue weighted by atomic mass is 16.7. The van der Waals surface area contributed by atoms with Crippen LogP contribution in [-0.2, 0) is 14.3 Å². The van der Waals surface area contributed by atoms with Gasteiger partial charge in [0.15, 0.2) is 0 Å². The Balaban J connectivity index is 2.53. The average molecular weight is 313 g/mol. The van der Waals surface area contributed by atoms with Crippen LogP contribution in [0.5, 0.6) is 0 Å². The first-order valence-electron chi connectivity index (χ1n) is 8.82. The Bertz CT molecular complexity index is 330. The summed E-state index contributed by atoms with van der Waals surface area (Å²) in [4.78, 5) is 12.3. The van der Waals surface area contributed by atoms with Crippen molar-refractivity contribution < 1.29 is 14.3 Å². The van der Waals surface area contributed by atoms with Crippen LogP contribution in [0.2, 0.25) is 0 Å². The van der Waals surface area contributed by atoms with Crippen LogP contribution in [0.4, 0.5) is 0 Å². The Kier molecular flexibility index (Phi) is 7.84. The van der Waals surface area contributed by atoms with Gasteiger partial charge in [-0.2, -0.15) is 0 Å². The lowest BCUT2D eigenvalue weighted by molar-refractivity contribution is -0.200. The lowest BCUT2D eigenvalue weighted by Crippen LogP contribution is -2.37. The van der Waals surface area contributed by atoms with Crippen molar-refractivity contribution in [3.8, 4) is 0 Å². The van der Waals surface area contributed by atoms with Crippen LogP contribution in [0.15, 0.2) is 0 Å². The van der Waals surface area contributed by atoms with E-state index in [2.05, 4.69) is 13.8 Å². The van der Waals surface area contributed by atoms with E-state index in [0.29, 0.717) is 12.3 Å². The normalized spacial score (nSPS) is 20.0. The van der Waals surface area contributed by atoms with Crippen molar-refractivity contribution in [3.05, 3.63) is 0 Å². The second kappa shape index (κ2) is 8.88. The molecule has 2 unspecified atom stereocenters. The Morgan fingerprint density at radius 2 is 1.77 bits per heavy atom. The van der Waals surface area contributed by atoms with Crippen LogP contribution in [0.1, 0.15) is 79.6 Å². The molecule has 0 saturated heterocycles. The Morgan fingerprint density at radius 1 is 1.18 bits per heavy atom. The van der Waals surface area contributed by atoms with Crippen molar-refractivity contribution in [1.82, 2.24) is 0 Å². The largest absolute Gasteiger partial charge is 0.436 e. The number of carbonyl (C=O) groups is 1. The molecule has 4 nitrogen and oxygen atoms in total. The lowest BCUT2D eigenvalue weighted by atomic mass is 9.93. The summed E-state index contributed by atoms with van der Waals surface area (Å²) in [6.07, 6.45) is 7.07. The Labute approximate surface area is 136 Å². The van der Waals surface area contributed by atoms with E-state index >= 15 is 0 Å². The molecule has 130 valence electrons. The Morgan fingerprint density at radius 3 is 2.27 bits per heavy atom. The van der Waals surface area contributed by atoms with Crippen molar-refractivity contribution in [3.63, 3.8) is 0 Å². The van der Waals surface area contributed by atoms with Crippen LogP contribution in [0.3, 0.4) is 0 Å². The Hall–Kier alpha value is -0.610. The SMILES string of the molecule is CC(C)CC(OC(=O)C(C)CC(C)(C)N)OC1CCCCC1. The highest BCUT2D eigenvalue weighted by Gasteiger charge is 2.27. The summed E-state index contributed by atoms with van der Waals surface area (Å²) in [5.74, 6) is 0.0345. The van der Waals surface area contributed by atoms with Gasteiger partial charge in [0.05, 0.1) is 12.0 Å². The minimum atomic E-state index is -0.418. The van der Waals surface area contributed by atoms with Gasteiger partial charge in [-0.25, -0.2) is 0 Å². The molecule has 0 amide bonds. The molecule has 1 rings (SSSR count). The zero-order valence-corrected chi connectivity index (χ0v) is 15.1. The summed E-state index contributed by atoms with van der Waals surface area (Å²) in [6, 6.07) is 0. The number of esters is 1. The smallest absolute Gasteiger partial charge is 0.311 e. The molecule has 0 aromatic carbocycles. The fourth-order valence-corrected chi connectivity index (χ4v) is 3.05. The molecule has 0 radical (unpaired) electrons. The molecular formula is C18H35NO3. The predicted octanol–water partition coefficient (Wildman–Crippen LogP) is 4.01. The molecular weight excluding hydrogens is 278 g/mol. The summed E-state index contributed by atoms with van der Waals surface area (Å²) in [5, 5.41) is 0. The van der Waals surface area contributed by atoms with E-state index in [1.165, 1.54) is 19.3 Å². The van der Waals surface area contributed by atoms with Gasteiger partial charge < -0.3 is 15.2 Å². The van der Waals surface area contributed by atoms with Crippen molar-refractivity contribution >= 4 is 5.97 Å². The van der Waals surface area contributed by atoms with Gasteiger partial charge in [0.2, 0.25) is 6.29 Å². The van der Waals surface area contributed by atoms with Crippen LogP contribution >= 0.6 is 0 Å². The molecule has 22 heavy (non-hydrogen) atoms. The van der Waals surface area contributed by atoms with E-state index in [1.807, 2.05) is 20.8 Å². The zero-order chi connectivity index (χ0) is 16.8. The molecule has 0 heterocycles. The van der Waals surface area contributed by atoms with Gasteiger partial charge >= 0.3 is 5.97 Å². The second-order valence-corrected chi connectivity index (χ2v) is 7.99. The van der Waals surface area contributed by atoms with Crippen molar-refractivity contribution in [2.45, 2.75) is 97.5 Å². The fraction of sp³-hybridized carbons (Fsp3) is 0.944. The molecule has 1 saturated carbocycles. The minimum Gasteiger partial charge on any atom is -0.436 e. The molecule has 1 fully saturated rings. The van der Waals surface area contributed by atoms with Crippen LogP contribution in [0.25, 0.3) is 0 Å². The first-order valence-corrected chi connectivity index (χ1v) is 8.82. The number of nitrogens with two attached hydrogens (primary N) is 1.